The van der Waals surface area contributed by atoms with Crippen LogP contribution in [0, 0.1) is 18.8 Å². The molecule has 0 aromatic carbocycles. The lowest BCUT2D eigenvalue weighted by molar-refractivity contribution is 0.554. The minimum atomic E-state index is 0.704. The first-order chi connectivity index (χ1) is 8.56. The molecule has 18 heavy (non-hydrogen) atoms. The van der Waals surface area contributed by atoms with Gasteiger partial charge in [0.2, 0.25) is 0 Å². The lowest BCUT2D eigenvalue weighted by Gasteiger charge is -2.14. The van der Waals surface area contributed by atoms with Crippen molar-refractivity contribution in [3.63, 3.8) is 0 Å². The van der Waals surface area contributed by atoms with Crippen molar-refractivity contribution in [2.24, 2.45) is 11.8 Å². The van der Waals surface area contributed by atoms with Gasteiger partial charge in [-0.05, 0) is 38.1 Å². The quantitative estimate of drug-likeness (QED) is 0.823. The molecule has 1 N–H and O–H groups in total. The fourth-order valence-corrected chi connectivity index (χ4v) is 2.98. The first kappa shape index (κ1) is 13.8. The maximum Gasteiger partial charge on any atom is 0.185 e. The molecule has 1 aliphatic carbocycles. The van der Waals surface area contributed by atoms with Crippen molar-refractivity contribution >= 4 is 16.5 Å². The van der Waals surface area contributed by atoms with E-state index in [2.05, 4.69) is 38.0 Å². The molecule has 1 saturated carbocycles. The number of anilines is 1. The number of aryl methyl sites for hydroxylation is 1. The van der Waals surface area contributed by atoms with Crippen molar-refractivity contribution < 1.29 is 0 Å². The fourth-order valence-electron chi connectivity index (χ4n) is 1.98. The third-order valence-electron chi connectivity index (χ3n) is 3.28. The summed E-state index contributed by atoms with van der Waals surface area (Å²) in [5, 5.41) is 4.68. The zero-order valence-electron chi connectivity index (χ0n) is 12.0. The smallest absolute Gasteiger partial charge is 0.185 e. The van der Waals surface area contributed by atoms with Crippen molar-refractivity contribution in [3.8, 4) is 0 Å². The standard InChI is InChI=1S/C14H25N3S/c1-10(2)7-15-8-13-11(3)16-14(18-13)17(4)9-12-5-6-12/h10,12,15H,5-9H2,1-4H3. The van der Waals surface area contributed by atoms with Crippen molar-refractivity contribution in [3.05, 3.63) is 10.6 Å². The van der Waals surface area contributed by atoms with Crippen LogP contribution in [-0.2, 0) is 6.54 Å². The third kappa shape index (κ3) is 3.95. The van der Waals surface area contributed by atoms with Gasteiger partial charge in [-0.2, -0.15) is 0 Å². The number of thiazole rings is 1. The van der Waals surface area contributed by atoms with Gasteiger partial charge in [-0.15, -0.1) is 11.3 Å². The summed E-state index contributed by atoms with van der Waals surface area (Å²) in [5.41, 5.74) is 1.19. The second kappa shape index (κ2) is 6.02. The predicted molar refractivity (Wildman–Crippen MR) is 79.4 cm³/mol. The topological polar surface area (TPSA) is 28.2 Å². The molecule has 0 aliphatic heterocycles. The second-order valence-electron chi connectivity index (χ2n) is 5.85. The van der Waals surface area contributed by atoms with E-state index in [0.29, 0.717) is 5.92 Å². The second-order valence-corrected chi connectivity index (χ2v) is 6.92. The van der Waals surface area contributed by atoms with E-state index in [1.165, 1.54) is 35.1 Å². The summed E-state index contributed by atoms with van der Waals surface area (Å²) in [7, 11) is 2.17. The van der Waals surface area contributed by atoms with Gasteiger partial charge in [0.15, 0.2) is 5.13 Å². The normalized spacial score (nSPS) is 15.4. The van der Waals surface area contributed by atoms with Gasteiger partial charge in [0.1, 0.15) is 0 Å². The molecule has 1 aliphatic rings. The van der Waals surface area contributed by atoms with E-state index >= 15 is 0 Å². The molecular formula is C14H25N3S. The third-order valence-corrected chi connectivity index (χ3v) is 4.55. The molecule has 0 bridgehead atoms. The summed E-state index contributed by atoms with van der Waals surface area (Å²) >= 11 is 1.84. The van der Waals surface area contributed by atoms with E-state index < -0.39 is 0 Å². The van der Waals surface area contributed by atoms with Gasteiger partial charge in [-0.25, -0.2) is 4.98 Å². The van der Waals surface area contributed by atoms with Gasteiger partial charge < -0.3 is 10.2 Å². The Morgan fingerprint density at radius 2 is 2.17 bits per heavy atom. The molecule has 0 saturated heterocycles. The van der Waals surface area contributed by atoms with Crippen molar-refractivity contribution in [1.29, 1.82) is 0 Å². The Morgan fingerprint density at radius 3 is 2.78 bits per heavy atom. The minimum absolute atomic E-state index is 0.704. The van der Waals surface area contributed by atoms with Crippen LogP contribution >= 0.6 is 11.3 Å². The number of aromatic nitrogens is 1. The molecule has 0 radical (unpaired) electrons. The van der Waals surface area contributed by atoms with E-state index in [0.717, 1.165) is 19.0 Å². The molecule has 1 aromatic heterocycles. The van der Waals surface area contributed by atoms with E-state index in [1.54, 1.807) is 0 Å². The molecule has 0 spiro atoms. The summed E-state index contributed by atoms with van der Waals surface area (Å²) in [6.45, 7) is 9.80. The SMILES string of the molecule is Cc1nc(N(C)CC2CC2)sc1CNCC(C)C. The predicted octanol–water partition coefficient (Wildman–Crippen LogP) is 3.04. The van der Waals surface area contributed by atoms with Crippen LogP contribution in [0.3, 0.4) is 0 Å². The molecule has 0 amide bonds. The molecule has 1 fully saturated rings. The van der Waals surface area contributed by atoms with Gasteiger partial charge >= 0.3 is 0 Å². The molecule has 1 aromatic rings. The summed E-state index contributed by atoms with van der Waals surface area (Å²) in [6, 6.07) is 0. The Hall–Kier alpha value is -0.610. The molecule has 0 unspecified atom stereocenters. The van der Waals surface area contributed by atoms with E-state index in [1.807, 2.05) is 11.3 Å². The van der Waals surface area contributed by atoms with Crippen LogP contribution in [0.2, 0.25) is 0 Å². The summed E-state index contributed by atoms with van der Waals surface area (Å²) in [6.07, 6.45) is 2.80. The Bertz CT molecular complexity index is 382. The molecule has 3 nitrogen and oxygen atoms in total. The average molecular weight is 267 g/mol. The highest BCUT2D eigenvalue weighted by Crippen LogP contribution is 2.32. The number of hydrogen-bond acceptors (Lipinski definition) is 4. The molecule has 2 rings (SSSR count). The maximum atomic E-state index is 4.69. The average Bonchev–Trinajstić information content (AvgIpc) is 3.02. The highest BCUT2D eigenvalue weighted by Gasteiger charge is 2.24. The zero-order chi connectivity index (χ0) is 13.1. The number of hydrogen-bond donors (Lipinski definition) is 1. The van der Waals surface area contributed by atoms with Crippen LogP contribution in [0.5, 0.6) is 0 Å². The van der Waals surface area contributed by atoms with Crippen LogP contribution in [-0.4, -0.2) is 25.1 Å². The number of nitrogens with one attached hydrogen (secondary N) is 1. The highest BCUT2D eigenvalue weighted by molar-refractivity contribution is 7.15. The van der Waals surface area contributed by atoms with Crippen LogP contribution in [0.15, 0.2) is 0 Å². The van der Waals surface area contributed by atoms with Crippen molar-refractivity contribution in [1.82, 2.24) is 10.3 Å². The Morgan fingerprint density at radius 1 is 1.44 bits per heavy atom. The first-order valence-corrected chi connectivity index (χ1v) is 7.76. The monoisotopic (exact) mass is 267 g/mol. The lowest BCUT2D eigenvalue weighted by atomic mass is 10.2. The summed E-state index contributed by atoms with van der Waals surface area (Å²) in [4.78, 5) is 8.40. The Balaban J connectivity index is 1.88. The van der Waals surface area contributed by atoms with Gasteiger partial charge in [0, 0.05) is 25.0 Å². The molecule has 4 heteroatoms. The number of nitrogens with zero attached hydrogens (tertiary/aromatic N) is 2. The molecule has 0 atom stereocenters. The maximum absolute atomic E-state index is 4.69. The Labute approximate surface area is 115 Å². The zero-order valence-corrected chi connectivity index (χ0v) is 12.8. The van der Waals surface area contributed by atoms with Gasteiger partial charge in [-0.1, -0.05) is 13.8 Å². The lowest BCUT2D eigenvalue weighted by Crippen LogP contribution is -2.19. The summed E-state index contributed by atoms with van der Waals surface area (Å²) in [5.74, 6) is 1.62. The minimum Gasteiger partial charge on any atom is -0.351 e. The highest BCUT2D eigenvalue weighted by atomic mass is 32.1. The van der Waals surface area contributed by atoms with Gasteiger partial charge in [0.05, 0.1) is 5.69 Å². The summed E-state index contributed by atoms with van der Waals surface area (Å²) < 4.78 is 0. The van der Waals surface area contributed by atoms with Gasteiger partial charge in [0.25, 0.3) is 0 Å². The van der Waals surface area contributed by atoms with Crippen LogP contribution in [0.25, 0.3) is 0 Å². The fraction of sp³-hybridized carbons (Fsp3) is 0.786. The first-order valence-electron chi connectivity index (χ1n) is 6.94. The van der Waals surface area contributed by atoms with E-state index in [-0.39, 0.29) is 0 Å². The van der Waals surface area contributed by atoms with Crippen LogP contribution < -0.4 is 10.2 Å². The number of rotatable bonds is 7. The van der Waals surface area contributed by atoms with Crippen molar-refractivity contribution in [2.45, 2.75) is 40.2 Å². The van der Waals surface area contributed by atoms with Crippen LogP contribution in [0.4, 0.5) is 5.13 Å². The van der Waals surface area contributed by atoms with Crippen molar-refractivity contribution in [2.75, 3.05) is 25.0 Å². The molecular weight excluding hydrogens is 242 g/mol. The Kier molecular flexibility index (Phi) is 4.62. The van der Waals surface area contributed by atoms with Crippen LogP contribution in [0.1, 0.15) is 37.3 Å². The molecule has 1 heterocycles. The van der Waals surface area contributed by atoms with E-state index in [9.17, 15) is 0 Å². The van der Waals surface area contributed by atoms with E-state index in [4.69, 9.17) is 4.98 Å². The molecule has 102 valence electrons. The largest absolute Gasteiger partial charge is 0.351 e. The van der Waals surface area contributed by atoms with Gasteiger partial charge in [-0.3, -0.25) is 0 Å².